The highest BCUT2D eigenvalue weighted by Crippen LogP contribution is 2.21. The van der Waals surface area contributed by atoms with Gasteiger partial charge in [-0.05, 0) is 12.1 Å². The Hall–Kier alpha value is -1.91. The van der Waals surface area contributed by atoms with E-state index in [1.165, 1.54) is 7.11 Å². The second-order valence-corrected chi connectivity index (χ2v) is 6.04. The van der Waals surface area contributed by atoms with E-state index in [9.17, 15) is 18.0 Å². The van der Waals surface area contributed by atoms with Crippen molar-refractivity contribution in [2.75, 3.05) is 26.8 Å². The summed E-state index contributed by atoms with van der Waals surface area (Å²) >= 11 is 0. The number of esters is 1. The molecule has 1 fully saturated rings. The molecule has 9 nitrogen and oxygen atoms in total. The Balaban J connectivity index is 2.22. The number of furan rings is 1. The molecule has 0 amide bonds. The van der Waals surface area contributed by atoms with Crippen LogP contribution in [0.2, 0.25) is 0 Å². The maximum absolute atomic E-state index is 12.3. The van der Waals surface area contributed by atoms with Crippen LogP contribution in [0.4, 0.5) is 0 Å². The van der Waals surface area contributed by atoms with Gasteiger partial charge in [-0.1, -0.05) is 0 Å². The Kier molecular flexibility index (Phi) is 4.30. The minimum Gasteiger partial charge on any atom is -0.475 e. The van der Waals surface area contributed by atoms with Gasteiger partial charge < -0.3 is 19.0 Å². The van der Waals surface area contributed by atoms with Gasteiger partial charge in [-0.3, -0.25) is 0 Å². The third-order valence-corrected chi connectivity index (χ3v) is 4.62. The summed E-state index contributed by atoms with van der Waals surface area (Å²) < 4.78 is 40.0. The first-order valence-electron chi connectivity index (χ1n) is 5.89. The molecule has 1 unspecified atom stereocenters. The Bertz CT molecular complexity index is 649. The SMILES string of the molecule is COC(=O)C1CN(S(=O)(=O)c2ccc(C(=O)O)o2)CCO1. The van der Waals surface area contributed by atoms with Crippen LogP contribution >= 0.6 is 0 Å². The molecule has 21 heavy (non-hydrogen) atoms. The van der Waals surface area contributed by atoms with E-state index in [1.54, 1.807) is 0 Å². The zero-order valence-corrected chi connectivity index (χ0v) is 11.8. The van der Waals surface area contributed by atoms with Gasteiger partial charge in [0.1, 0.15) is 0 Å². The maximum Gasteiger partial charge on any atom is 0.371 e. The molecule has 1 aromatic heterocycles. The number of carboxylic acids is 1. The van der Waals surface area contributed by atoms with Gasteiger partial charge in [-0.25, -0.2) is 18.0 Å². The molecule has 116 valence electrons. The highest BCUT2D eigenvalue weighted by atomic mass is 32.2. The molecule has 1 aromatic rings. The van der Waals surface area contributed by atoms with Crippen LogP contribution in [-0.2, 0) is 24.3 Å². The van der Waals surface area contributed by atoms with Crippen molar-refractivity contribution in [1.82, 2.24) is 4.31 Å². The Morgan fingerprint density at radius 3 is 2.71 bits per heavy atom. The summed E-state index contributed by atoms with van der Waals surface area (Å²) in [6.45, 7) is -0.178. The lowest BCUT2D eigenvalue weighted by Crippen LogP contribution is -2.48. The van der Waals surface area contributed by atoms with E-state index in [2.05, 4.69) is 4.74 Å². The number of aromatic carboxylic acids is 1. The van der Waals surface area contributed by atoms with E-state index in [4.69, 9.17) is 14.3 Å². The number of carboxylic acid groups (broad SMARTS) is 1. The highest BCUT2D eigenvalue weighted by Gasteiger charge is 2.36. The number of nitrogens with zero attached hydrogens (tertiary/aromatic N) is 1. The van der Waals surface area contributed by atoms with Crippen LogP contribution in [0, 0.1) is 0 Å². The first kappa shape index (κ1) is 15.5. The molecule has 2 rings (SSSR count). The molecule has 0 radical (unpaired) electrons. The molecular weight excluding hydrogens is 306 g/mol. The summed E-state index contributed by atoms with van der Waals surface area (Å²) in [5, 5.41) is 8.24. The molecule has 1 saturated heterocycles. The summed E-state index contributed by atoms with van der Waals surface area (Å²) in [6, 6.07) is 2.11. The first-order valence-corrected chi connectivity index (χ1v) is 7.33. The normalized spacial score (nSPS) is 20.1. The zero-order chi connectivity index (χ0) is 15.6. The van der Waals surface area contributed by atoms with Crippen molar-refractivity contribution < 1.29 is 37.0 Å². The monoisotopic (exact) mass is 319 g/mol. The molecule has 0 spiro atoms. The molecule has 1 atom stereocenters. The standard InChI is InChI=1S/C11H13NO8S/c1-18-11(15)8-6-12(4-5-19-8)21(16,17)9-3-2-7(20-9)10(13)14/h2-3,8H,4-6H2,1H3,(H,13,14). The van der Waals surface area contributed by atoms with Crippen molar-refractivity contribution in [3.63, 3.8) is 0 Å². The third-order valence-electron chi connectivity index (χ3n) is 2.88. The number of hydrogen-bond donors (Lipinski definition) is 1. The summed E-state index contributed by atoms with van der Waals surface area (Å²) in [4.78, 5) is 22.1. The summed E-state index contributed by atoms with van der Waals surface area (Å²) in [6.07, 6.45) is -1.02. The molecule has 1 N–H and O–H groups in total. The minimum atomic E-state index is -4.03. The van der Waals surface area contributed by atoms with E-state index in [-0.39, 0.29) is 19.7 Å². The largest absolute Gasteiger partial charge is 0.475 e. The van der Waals surface area contributed by atoms with Gasteiger partial charge in [0.05, 0.1) is 20.3 Å². The fourth-order valence-electron chi connectivity index (χ4n) is 1.82. The molecule has 0 aliphatic carbocycles. The van der Waals surface area contributed by atoms with Crippen LogP contribution in [0.3, 0.4) is 0 Å². The van der Waals surface area contributed by atoms with Crippen molar-refractivity contribution in [2.45, 2.75) is 11.2 Å². The lowest BCUT2D eigenvalue weighted by molar-refractivity contribution is -0.157. The maximum atomic E-state index is 12.3. The lowest BCUT2D eigenvalue weighted by Gasteiger charge is -2.29. The average molecular weight is 319 g/mol. The van der Waals surface area contributed by atoms with Crippen LogP contribution in [0.25, 0.3) is 0 Å². The predicted octanol–water partition coefficient (Wildman–Crippen LogP) is -0.460. The number of morpholine rings is 1. The van der Waals surface area contributed by atoms with E-state index in [0.29, 0.717) is 0 Å². The smallest absolute Gasteiger partial charge is 0.371 e. The number of ether oxygens (including phenoxy) is 2. The summed E-state index contributed by atoms with van der Waals surface area (Å²) in [7, 11) is -2.86. The third kappa shape index (κ3) is 3.06. The van der Waals surface area contributed by atoms with Gasteiger partial charge in [0.2, 0.25) is 10.9 Å². The molecule has 0 bridgehead atoms. The molecule has 0 aromatic carbocycles. The number of sulfonamides is 1. The van der Waals surface area contributed by atoms with E-state index in [1.807, 2.05) is 0 Å². The van der Waals surface area contributed by atoms with Crippen LogP contribution in [-0.4, -0.2) is 62.7 Å². The fourth-order valence-corrected chi connectivity index (χ4v) is 3.16. The van der Waals surface area contributed by atoms with Crippen molar-refractivity contribution >= 4 is 22.0 Å². The molecule has 1 aliphatic heterocycles. The van der Waals surface area contributed by atoms with Crippen LogP contribution < -0.4 is 0 Å². The second-order valence-electron chi connectivity index (χ2n) is 4.17. The highest BCUT2D eigenvalue weighted by molar-refractivity contribution is 7.89. The Labute approximate surface area is 120 Å². The fraction of sp³-hybridized carbons (Fsp3) is 0.455. The number of carbonyl (C=O) groups is 2. The molecule has 10 heteroatoms. The topological polar surface area (TPSA) is 123 Å². The number of rotatable bonds is 4. The van der Waals surface area contributed by atoms with Crippen molar-refractivity contribution in [2.24, 2.45) is 0 Å². The molecule has 1 aliphatic rings. The van der Waals surface area contributed by atoms with Gasteiger partial charge in [-0.2, -0.15) is 4.31 Å². The van der Waals surface area contributed by atoms with Gasteiger partial charge in [0, 0.05) is 6.54 Å². The summed E-state index contributed by atoms with van der Waals surface area (Å²) in [5.41, 5.74) is 0. The number of methoxy groups -OCH3 is 1. The Morgan fingerprint density at radius 2 is 2.14 bits per heavy atom. The Morgan fingerprint density at radius 1 is 1.43 bits per heavy atom. The van der Waals surface area contributed by atoms with Crippen LogP contribution in [0.15, 0.2) is 21.6 Å². The van der Waals surface area contributed by atoms with E-state index < -0.39 is 38.9 Å². The average Bonchev–Trinajstić information content (AvgIpc) is 2.97. The molecule has 0 saturated carbocycles. The van der Waals surface area contributed by atoms with Crippen LogP contribution in [0.1, 0.15) is 10.6 Å². The van der Waals surface area contributed by atoms with Crippen molar-refractivity contribution in [3.8, 4) is 0 Å². The zero-order valence-electron chi connectivity index (χ0n) is 11.0. The predicted molar refractivity (Wildman–Crippen MR) is 66.2 cm³/mol. The molecule has 2 heterocycles. The molecular formula is C11H13NO8S. The van der Waals surface area contributed by atoms with Crippen LogP contribution in [0.5, 0.6) is 0 Å². The van der Waals surface area contributed by atoms with Gasteiger partial charge in [0.25, 0.3) is 10.0 Å². The van der Waals surface area contributed by atoms with Crippen molar-refractivity contribution in [1.29, 1.82) is 0 Å². The lowest BCUT2D eigenvalue weighted by atomic mass is 10.3. The van der Waals surface area contributed by atoms with Gasteiger partial charge >= 0.3 is 11.9 Å². The second kappa shape index (κ2) is 5.84. The minimum absolute atomic E-state index is 0.0193. The first-order chi connectivity index (χ1) is 9.86. The van der Waals surface area contributed by atoms with E-state index >= 15 is 0 Å². The number of hydrogen-bond acceptors (Lipinski definition) is 7. The quantitative estimate of drug-likeness (QED) is 0.739. The van der Waals surface area contributed by atoms with Crippen molar-refractivity contribution in [3.05, 3.63) is 17.9 Å². The number of carbonyl (C=O) groups excluding carboxylic acids is 1. The summed E-state index contributed by atoms with van der Waals surface area (Å²) in [5.74, 6) is -2.53. The van der Waals surface area contributed by atoms with Gasteiger partial charge in [0.15, 0.2) is 6.10 Å². The van der Waals surface area contributed by atoms with Gasteiger partial charge in [-0.15, -0.1) is 0 Å². The van der Waals surface area contributed by atoms with E-state index in [0.717, 1.165) is 16.4 Å².